The van der Waals surface area contributed by atoms with Gasteiger partial charge in [-0.3, -0.25) is 9.59 Å². The molecule has 3 atom stereocenters. The van der Waals surface area contributed by atoms with Crippen LogP contribution >= 0.6 is 0 Å². The molecule has 2 aliphatic rings. The van der Waals surface area contributed by atoms with E-state index in [0.29, 0.717) is 42.6 Å². The molecule has 2 saturated heterocycles. The van der Waals surface area contributed by atoms with Crippen LogP contribution in [0, 0.1) is 5.82 Å². The van der Waals surface area contributed by atoms with Crippen molar-refractivity contribution in [1.82, 2.24) is 25.0 Å². The number of halogens is 1. The van der Waals surface area contributed by atoms with Crippen LogP contribution in [0.15, 0.2) is 61.1 Å². The summed E-state index contributed by atoms with van der Waals surface area (Å²) < 4.78 is 16.3. The first-order valence-corrected chi connectivity index (χ1v) is 10.4. The van der Waals surface area contributed by atoms with Crippen LogP contribution in [0.4, 0.5) is 4.39 Å². The van der Waals surface area contributed by atoms with Crippen LogP contribution in [0.1, 0.15) is 47.6 Å². The molecule has 0 unspecified atom stereocenters. The van der Waals surface area contributed by atoms with Crippen molar-refractivity contribution in [2.75, 3.05) is 0 Å². The minimum Gasteiger partial charge on any atom is -0.351 e. The molecule has 5 rings (SSSR count). The van der Waals surface area contributed by atoms with Crippen LogP contribution in [0.3, 0.4) is 0 Å². The van der Waals surface area contributed by atoms with Crippen molar-refractivity contribution in [3.63, 3.8) is 0 Å². The van der Waals surface area contributed by atoms with Crippen molar-refractivity contribution in [1.29, 1.82) is 0 Å². The molecule has 0 aliphatic carbocycles. The Kier molecular flexibility index (Phi) is 4.97. The van der Waals surface area contributed by atoms with E-state index in [9.17, 15) is 14.0 Å². The van der Waals surface area contributed by atoms with Crippen LogP contribution < -0.4 is 5.32 Å². The van der Waals surface area contributed by atoms with Crippen LogP contribution in [-0.4, -0.2) is 43.6 Å². The highest BCUT2D eigenvalue weighted by molar-refractivity contribution is 5.95. The Morgan fingerprint density at radius 2 is 2.03 bits per heavy atom. The highest BCUT2D eigenvalue weighted by atomic mass is 19.1. The fourth-order valence-electron chi connectivity index (χ4n) is 4.70. The zero-order chi connectivity index (χ0) is 21.4. The number of amides is 2. The third kappa shape index (κ3) is 3.58. The van der Waals surface area contributed by atoms with Gasteiger partial charge in [-0.1, -0.05) is 18.2 Å². The molecular weight excluding hydrogens is 397 g/mol. The number of benzene rings is 1. The summed E-state index contributed by atoms with van der Waals surface area (Å²) in [6.45, 7) is 0. The lowest BCUT2D eigenvalue weighted by Crippen LogP contribution is -2.45. The van der Waals surface area contributed by atoms with Gasteiger partial charge in [0.1, 0.15) is 5.82 Å². The van der Waals surface area contributed by atoms with Gasteiger partial charge in [0, 0.05) is 30.6 Å². The third-order valence-electron chi connectivity index (χ3n) is 6.12. The predicted molar refractivity (Wildman–Crippen MR) is 111 cm³/mol. The molecule has 1 aromatic carbocycles. The fourth-order valence-corrected chi connectivity index (χ4v) is 4.70. The maximum Gasteiger partial charge on any atom is 0.256 e. The molecular formula is C23H22FN5O2. The van der Waals surface area contributed by atoms with E-state index in [-0.39, 0.29) is 29.7 Å². The molecule has 0 spiro atoms. The van der Waals surface area contributed by atoms with Crippen LogP contribution in [0.25, 0.3) is 5.82 Å². The highest BCUT2D eigenvalue weighted by Crippen LogP contribution is 2.41. The van der Waals surface area contributed by atoms with Gasteiger partial charge in [-0.2, -0.15) is 5.10 Å². The summed E-state index contributed by atoms with van der Waals surface area (Å²) in [5.41, 5.74) is 0.896. The van der Waals surface area contributed by atoms with Crippen LogP contribution in [0.2, 0.25) is 0 Å². The van der Waals surface area contributed by atoms with Gasteiger partial charge >= 0.3 is 0 Å². The van der Waals surface area contributed by atoms with Gasteiger partial charge in [-0.05, 0) is 43.5 Å². The lowest BCUT2D eigenvalue weighted by atomic mass is 10.0. The molecule has 0 radical (unpaired) electrons. The lowest BCUT2D eigenvalue weighted by molar-refractivity contribution is -0.121. The quantitative estimate of drug-likeness (QED) is 0.708. The summed E-state index contributed by atoms with van der Waals surface area (Å²) >= 11 is 0. The number of likely N-dealkylation sites (tertiary alicyclic amines) is 1. The number of nitrogens with one attached hydrogen (secondary N) is 1. The van der Waals surface area contributed by atoms with Crippen molar-refractivity contribution in [3.8, 4) is 5.82 Å². The van der Waals surface area contributed by atoms with Gasteiger partial charge in [0.15, 0.2) is 5.82 Å². The molecule has 7 nitrogen and oxygen atoms in total. The molecule has 158 valence electrons. The Morgan fingerprint density at radius 1 is 1.16 bits per heavy atom. The number of rotatable bonds is 3. The topological polar surface area (TPSA) is 80.1 Å². The number of aromatic nitrogens is 3. The second kappa shape index (κ2) is 7.94. The Hall–Kier alpha value is -3.55. The molecule has 1 N–H and O–H groups in total. The van der Waals surface area contributed by atoms with Crippen LogP contribution in [0.5, 0.6) is 0 Å². The maximum atomic E-state index is 14.7. The molecule has 8 heteroatoms. The van der Waals surface area contributed by atoms with Crippen molar-refractivity contribution in [3.05, 3.63) is 78.0 Å². The number of hydrogen-bond donors (Lipinski definition) is 1. The fraction of sp³-hybridized carbons (Fsp3) is 0.304. The monoisotopic (exact) mass is 419 g/mol. The molecule has 0 bridgehead atoms. The first kappa shape index (κ1) is 19.4. The number of nitrogens with zero attached hydrogens (tertiary/aromatic N) is 4. The van der Waals surface area contributed by atoms with E-state index >= 15 is 0 Å². The summed E-state index contributed by atoms with van der Waals surface area (Å²) in [6, 6.07) is 10.9. The van der Waals surface area contributed by atoms with Gasteiger partial charge in [0.05, 0.1) is 23.7 Å². The molecule has 31 heavy (non-hydrogen) atoms. The van der Waals surface area contributed by atoms with Crippen molar-refractivity contribution in [2.45, 2.75) is 43.8 Å². The number of carbonyl (C=O) groups excluding carboxylic acids is 2. The number of hydrogen-bond acceptors (Lipinski definition) is 4. The highest BCUT2D eigenvalue weighted by Gasteiger charge is 2.46. The first-order valence-electron chi connectivity index (χ1n) is 10.4. The molecule has 2 amide bonds. The van der Waals surface area contributed by atoms with E-state index in [4.69, 9.17) is 0 Å². The minimum atomic E-state index is -0.451. The molecule has 2 fully saturated rings. The van der Waals surface area contributed by atoms with Crippen LogP contribution in [-0.2, 0) is 4.79 Å². The summed E-state index contributed by atoms with van der Waals surface area (Å²) in [5.74, 6) is 0.0317. The summed E-state index contributed by atoms with van der Waals surface area (Å²) in [7, 11) is 0. The lowest BCUT2D eigenvalue weighted by Gasteiger charge is -2.31. The summed E-state index contributed by atoms with van der Waals surface area (Å²) in [4.78, 5) is 31.9. The number of carbonyl (C=O) groups is 2. The van der Waals surface area contributed by atoms with Crippen molar-refractivity contribution >= 4 is 11.8 Å². The van der Waals surface area contributed by atoms with E-state index in [1.54, 1.807) is 58.4 Å². The Balaban J connectivity index is 1.50. The number of fused-ring (bicyclic) bond motifs is 1. The zero-order valence-corrected chi connectivity index (χ0v) is 16.8. The molecule has 4 heterocycles. The SMILES string of the molecule is O=C1CCC[C@@H]2[C@H](C[C@H](c3ccccc3F)N2C(=O)c2ccc(-n3cccn3)nc2)N1. The average molecular weight is 419 g/mol. The Labute approximate surface area is 178 Å². The van der Waals surface area contributed by atoms with Gasteiger partial charge in [-0.25, -0.2) is 14.1 Å². The molecule has 2 aliphatic heterocycles. The molecule has 2 aromatic heterocycles. The maximum absolute atomic E-state index is 14.7. The van der Waals surface area contributed by atoms with E-state index in [2.05, 4.69) is 15.4 Å². The minimum absolute atomic E-state index is 0.0145. The normalized spacial score (nSPS) is 23.2. The standard InChI is InChI=1S/C23H22FN5O2/c24-17-6-2-1-5-16(17)20-13-18-19(7-3-8-22(30)27-18)29(20)23(31)15-9-10-21(25-14-15)28-12-4-11-26-28/h1-2,4-6,9-12,14,18-20H,3,7-8,13H2,(H,27,30)/t18-,19+,20+/m0/s1. The van der Waals surface area contributed by atoms with E-state index in [1.165, 1.54) is 12.3 Å². The largest absolute Gasteiger partial charge is 0.351 e. The van der Waals surface area contributed by atoms with Gasteiger partial charge in [0.25, 0.3) is 5.91 Å². The Morgan fingerprint density at radius 3 is 2.77 bits per heavy atom. The molecule has 3 aromatic rings. The Bertz CT molecular complexity index is 1100. The van der Waals surface area contributed by atoms with E-state index in [0.717, 1.165) is 0 Å². The summed E-state index contributed by atoms with van der Waals surface area (Å²) in [5, 5.41) is 7.19. The van der Waals surface area contributed by atoms with Crippen molar-refractivity contribution in [2.24, 2.45) is 0 Å². The zero-order valence-electron chi connectivity index (χ0n) is 16.8. The van der Waals surface area contributed by atoms with Gasteiger partial charge in [-0.15, -0.1) is 0 Å². The summed E-state index contributed by atoms with van der Waals surface area (Å²) in [6.07, 6.45) is 7.28. The van der Waals surface area contributed by atoms with Crippen molar-refractivity contribution < 1.29 is 14.0 Å². The second-order valence-corrected chi connectivity index (χ2v) is 7.97. The molecule has 0 saturated carbocycles. The van der Waals surface area contributed by atoms with E-state index < -0.39 is 6.04 Å². The predicted octanol–water partition coefficient (Wildman–Crippen LogP) is 3.03. The first-order chi connectivity index (χ1) is 15.1. The average Bonchev–Trinajstić information content (AvgIpc) is 3.39. The van der Waals surface area contributed by atoms with Gasteiger partial charge in [0.2, 0.25) is 5.91 Å². The number of pyridine rings is 1. The van der Waals surface area contributed by atoms with Gasteiger partial charge < -0.3 is 10.2 Å². The second-order valence-electron chi connectivity index (χ2n) is 7.97. The smallest absolute Gasteiger partial charge is 0.256 e. The van der Waals surface area contributed by atoms with E-state index in [1.807, 2.05) is 0 Å². The third-order valence-corrected chi connectivity index (χ3v) is 6.12.